The molecule has 0 aromatic heterocycles. The minimum atomic E-state index is -3.56. The van der Waals surface area contributed by atoms with E-state index in [1.165, 1.54) is 15.9 Å². The van der Waals surface area contributed by atoms with Crippen molar-refractivity contribution in [2.45, 2.75) is 44.6 Å². The Kier molecular flexibility index (Phi) is 6.20. The summed E-state index contributed by atoms with van der Waals surface area (Å²) in [5.41, 5.74) is 3.42. The van der Waals surface area contributed by atoms with Gasteiger partial charge in [0.2, 0.25) is 10.0 Å². The third kappa shape index (κ3) is 4.45. The molecule has 2 aromatic carbocycles. The van der Waals surface area contributed by atoms with Crippen LogP contribution in [0.15, 0.2) is 47.4 Å². The first-order valence-electron chi connectivity index (χ1n) is 9.71. The second kappa shape index (κ2) is 8.45. The number of hydrogen-bond donors (Lipinski definition) is 0. The number of rotatable bonds is 5. The van der Waals surface area contributed by atoms with Gasteiger partial charge >= 0.3 is 0 Å². The van der Waals surface area contributed by atoms with Gasteiger partial charge in [-0.25, -0.2) is 8.42 Å². The largest absolute Gasteiger partial charge is 0.337 e. The molecule has 0 N–H and O–H groups in total. The number of piperidine rings is 1. The smallest absolute Gasteiger partial charge is 0.254 e. The predicted molar refractivity (Wildman–Crippen MR) is 111 cm³/mol. The molecule has 1 heterocycles. The number of amides is 1. The molecule has 1 saturated heterocycles. The fourth-order valence-corrected chi connectivity index (χ4v) is 5.03. The predicted octanol–water partition coefficient (Wildman–Crippen LogP) is 3.75. The molecule has 1 aliphatic rings. The first-order valence-corrected chi connectivity index (χ1v) is 11.1. The molecule has 0 spiro atoms. The zero-order valence-electron chi connectivity index (χ0n) is 16.8. The van der Waals surface area contributed by atoms with Crippen LogP contribution in [0.3, 0.4) is 0 Å². The Morgan fingerprint density at radius 2 is 1.64 bits per heavy atom. The highest BCUT2D eigenvalue weighted by Gasteiger charge is 2.27. The summed E-state index contributed by atoms with van der Waals surface area (Å²) >= 11 is 0. The van der Waals surface area contributed by atoms with Crippen molar-refractivity contribution in [3.63, 3.8) is 0 Å². The minimum Gasteiger partial charge on any atom is -0.337 e. The molecule has 28 heavy (non-hydrogen) atoms. The van der Waals surface area contributed by atoms with E-state index < -0.39 is 10.0 Å². The van der Waals surface area contributed by atoms with Crippen LogP contribution in [0.25, 0.3) is 0 Å². The van der Waals surface area contributed by atoms with Crippen molar-refractivity contribution in [3.05, 3.63) is 64.7 Å². The lowest BCUT2D eigenvalue weighted by atomic mass is 10.1. The van der Waals surface area contributed by atoms with Crippen LogP contribution in [0, 0.1) is 13.8 Å². The zero-order chi connectivity index (χ0) is 20.3. The maximum atomic E-state index is 13.0. The Hall–Kier alpha value is -2.18. The molecule has 0 bridgehead atoms. The summed E-state index contributed by atoms with van der Waals surface area (Å²) in [6, 6.07) is 12.9. The molecular formula is C22H28N2O3S. The molecule has 0 radical (unpaired) electrons. The van der Waals surface area contributed by atoms with E-state index in [1.54, 1.807) is 24.1 Å². The van der Waals surface area contributed by atoms with E-state index in [-0.39, 0.29) is 10.8 Å². The highest BCUT2D eigenvalue weighted by atomic mass is 32.2. The van der Waals surface area contributed by atoms with E-state index in [1.807, 2.05) is 38.1 Å². The minimum absolute atomic E-state index is 0.172. The molecule has 1 fully saturated rings. The van der Waals surface area contributed by atoms with Crippen molar-refractivity contribution in [2.75, 3.05) is 20.1 Å². The van der Waals surface area contributed by atoms with Gasteiger partial charge in [0, 0.05) is 32.2 Å². The third-order valence-electron chi connectivity index (χ3n) is 5.28. The standard InChI is InChI=1S/C22H28N2O3S/c1-17-7-10-19(11-8-17)16-23(3)22(25)21-15-20(12-9-18(21)2)28(26,27)24-13-5-4-6-14-24/h7-12,15H,4-6,13-14,16H2,1-3H3. The van der Waals surface area contributed by atoms with Crippen LogP contribution in [0.5, 0.6) is 0 Å². The van der Waals surface area contributed by atoms with Crippen molar-refractivity contribution >= 4 is 15.9 Å². The fourth-order valence-electron chi connectivity index (χ4n) is 3.49. The zero-order valence-corrected chi connectivity index (χ0v) is 17.6. The van der Waals surface area contributed by atoms with Crippen molar-refractivity contribution in [2.24, 2.45) is 0 Å². The van der Waals surface area contributed by atoms with Gasteiger partial charge in [-0.1, -0.05) is 42.3 Å². The number of benzene rings is 2. The van der Waals surface area contributed by atoms with Crippen LogP contribution < -0.4 is 0 Å². The van der Waals surface area contributed by atoms with E-state index in [9.17, 15) is 13.2 Å². The highest BCUT2D eigenvalue weighted by Crippen LogP contribution is 2.23. The summed E-state index contributed by atoms with van der Waals surface area (Å²) in [7, 11) is -1.82. The second-order valence-corrected chi connectivity index (χ2v) is 9.53. The van der Waals surface area contributed by atoms with E-state index in [4.69, 9.17) is 0 Å². The van der Waals surface area contributed by atoms with Crippen LogP contribution in [0.1, 0.15) is 46.3 Å². The Balaban J connectivity index is 1.84. The monoisotopic (exact) mass is 400 g/mol. The van der Waals surface area contributed by atoms with Gasteiger partial charge in [0.1, 0.15) is 0 Å². The average Bonchev–Trinajstić information content (AvgIpc) is 2.70. The number of carbonyl (C=O) groups is 1. The first-order chi connectivity index (χ1) is 13.3. The summed E-state index contributed by atoms with van der Waals surface area (Å²) in [6.45, 7) is 5.43. The van der Waals surface area contributed by atoms with E-state index >= 15 is 0 Å². The van der Waals surface area contributed by atoms with Crippen LogP contribution >= 0.6 is 0 Å². The lowest BCUT2D eigenvalue weighted by Crippen LogP contribution is -2.35. The molecule has 3 rings (SSSR count). The van der Waals surface area contributed by atoms with Crippen LogP contribution in [0.4, 0.5) is 0 Å². The molecule has 150 valence electrons. The Labute approximate surface area is 168 Å². The van der Waals surface area contributed by atoms with Gasteiger partial charge < -0.3 is 4.90 Å². The third-order valence-corrected chi connectivity index (χ3v) is 7.17. The summed E-state index contributed by atoms with van der Waals surface area (Å²) in [5.74, 6) is -0.172. The highest BCUT2D eigenvalue weighted by molar-refractivity contribution is 7.89. The van der Waals surface area contributed by atoms with Crippen LogP contribution in [0.2, 0.25) is 0 Å². The van der Waals surface area contributed by atoms with E-state index in [2.05, 4.69) is 0 Å². The Morgan fingerprint density at radius 1 is 1.00 bits per heavy atom. The summed E-state index contributed by atoms with van der Waals surface area (Å²) < 4.78 is 27.5. The van der Waals surface area contributed by atoms with Crippen molar-refractivity contribution in [3.8, 4) is 0 Å². The molecule has 1 aliphatic heterocycles. The number of nitrogens with zero attached hydrogens (tertiary/aromatic N) is 2. The number of hydrogen-bond acceptors (Lipinski definition) is 3. The maximum Gasteiger partial charge on any atom is 0.254 e. The number of sulfonamides is 1. The Morgan fingerprint density at radius 3 is 2.29 bits per heavy atom. The van der Waals surface area contributed by atoms with Gasteiger partial charge in [-0.05, 0) is 49.9 Å². The normalized spacial score (nSPS) is 15.4. The van der Waals surface area contributed by atoms with Gasteiger partial charge in [-0.15, -0.1) is 0 Å². The second-order valence-electron chi connectivity index (χ2n) is 7.59. The summed E-state index contributed by atoms with van der Waals surface area (Å²) in [5, 5.41) is 0. The lowest BCUT2D eigenvalue weighted by molar-refractivity contribution is 0.0784. The average molecular weight is 401 g/mol. The quantitative estimate of drug-likeness (QED) is 0.768. The van der Waals surface area contributed by atoms with Crippen molar-refractivity contribution in [1.29, 1.82) is 0 Å². The van der Waals surface area contributed by atoms with Crippen molar-refractivity contribution in [1.82, 2.24) is 9.21 Å². The molecule has 0 aliphatic carbocycles. The van der Waals surface area contributed by atoms with Crippen LogP contribution in [-0.2, 0) is 16.6 Å². The van der Waals surface area contributed by atoms with Gasteiger partial charge in [0.05, 0.1) is 4.90 Å². The molecule has 2 aromatic rings. The number of carbonyl (C=O) groups excluding carboxylic acids is 1. The fraction of sp³-hybridized carbons (Fsp3) is 0.409. The van der Waals surface area contributed by atoms with Gasteiger partial charge in [0.15, 0.2) is 0 Å². The molecular weight excluding hydrogens is 372 g/mol. The summed E-state index contributed by atoms with van der Waals surface area (Å²) in [6.07, 6.45) is 2.83. The molecule has 1 amide bonds. The van der Waals surface area contributed by atoms with Gasteiger partial charge in [-0.2, -0.15) is 4.31 Å². The molecule has 0 saturated carbocycles. The van der Waals surface area contributed by atoms with E-state index in [0.717, 1.165) is 30.4 Å². The molecule has 6 heteroatoms. The lowest BCUT2D eigenvalue weighted by Gasteiger charge is -2.26. The molecule has 5 nitrogen and oxygen atoms in total. The van der Waals surface area contributed by atoms with Gasteiger partial charge in [-0.3, -0.25) is 4.79 Å². The first kappa shape index (κ1) is 20.6. The SMILES string of the molecule is Cc1ccc(CN(C)C(=O)c2cc(S(=O)(=O)N3CCCCC3)ccc2C)cc1. The topological polar surface area (TPSA) is 57.7 Å². The van der Waals surface area contributed by atoms with Crippen molar-refractivity contribution < 1.29 is 13.2 Å². The Bertz CT molecular complexity index is 946. The number of aryl methyl sites for hydroxylation is 2. The van der Waals surface area contributed by atoms with Crippen LogP contribution in [-0.4, -0.2) is 43.7 Å². The maximum absolute atomic E-state index is 13.0. The molecule has 0 unspecified atom stereocenters. The van der Waals surface area contributed by atoms with Gasteiger partial charge in [0.25, 0.3) is 5.91 Å². The van der Waals surface area contributed by atoms with E-state index in [0.29, 0.717) is 25.2 Å². The molecule has 0 atom stereocenters. The summed E-state index contributed by atoms with van der Waals surface area (Å²) in [4.78, 5) is 14.8.